The number of nitrogens with zero attached hydrogens (tertiary/aromatic N) is 4. The lowest BCUT2D eigenvalue weighted by molar-refractivity contribution is -0.131. The van der Waals surface area contributed by atoms with E-state index in [1.54, 1.807) is 11.9 Å². The van der Waals surface area contributed by atoms with Gasteiger partial charge in [0.25, 0.3) is 0 Å². The van der Waals surface area contributed by atoms with Crippen molar-refractivity contribution in [3.05, 3.63) is 6.33 Å². The highest BCUT2D eigenvalue weighted by Gasteiger charge is 2.11. The van der Waals surface area contributed by atoms with Gasteiger partial charge in [0.15, 0.2) is 0 Å². The number of carbonyl (C=O) groups excluding carboxylic acids is 1. The molecule has 0 aromatic carbocycles. The smallest absolute Gasteiger partial charge is 0.244 e. The normalized spacial score (nSPS) is 10.7. The zero-order valence-corrected chi connectivity index (χ0v) is 9.34. The van der Waals surface area contributed by atoms with Crippen LogP contribution in [0.1, 0.15) is 13.8 Å². The van der Waals surface area contributed by atoms with Crippen LogP contribution < -0.4 is 5.73 Å². The van der Waals surface area contributed by atoms with E-state index >= 15 is 0 Å². The molecule has 0 saturated heterocycles. The van der Waals surface area contributed by atoms with E-state index in [0.717, 1.165) is 6.54 Å². The lowest BCUT2D eigenvalue weighted by Crippen LogP contribution is -2.33. The molecule has 0 saturated carbocycles. The van der Waals surface area contributed by atoms with E-state index < -0.39 is 0 Å². The SMILES string of the molecule is CC(C)CN(C)C(=O)Cn1cnc(N)n1. The van der Waals surface area contributed by atoms with Gasteiger partial charge in [0.05, 0.1) is 0 Å². The number of likely N-dealkylation sites (N-methyl/N-ethyl adjacent to an activating group) is 1. The summed E-state index contributed by atoms with van der Waals surface area (Å²) in [6.07, 6.45) is 1.45. The monoisotopic (exact) mass is 211 g/mol. The average Bonchev–Trinajstić information content (AvgIpc) is 2.50. The second-order valence-electron chi connectivity index (χ2n) is 3.97. The third-order valence-corrected chi connectivity index (χ3v) is 1.92. The summed E-state index contributed by atoms with van der Waals surface area (Å²) in [5.74, 6) is 0.655. The van der Waals surface area contributed by atoms with E-state index in [4.69, 9.17) is 5.73 Å². The summed E-state index contributed by atoms with van der Waals surface area (Å²) >= 11 is 0. The fourth-order valence-electron chi connectivity index (χ4n) is 1.29. The largest absolute Gasteiger partial charge is 0.367 e. The number of rotatable bonds is 4. The Kier molecular flexibility index (Phi) is 3.65. The van der Waals surface area contributed by atoms with E-state index in [1.165, 1.54) is 11.0 Å². The second-order valence-corrected chi connectivity index (χ2v) is 3.97. The Labute approximate surface area is 89.1 Å². The van der Waals surface area contributed by atoms with Gasteiger partial charge in [-0.05, 0) is 5.92 Å². The van der Waals surface area contributed by atoms with Gasteiger partial charge in [-0.15, -0.1) is 5.10 Å². The lowest BCUT2D eigenvalue weighted by Gasteiger charge is -2.18. The molecule has 0 bridgehead atoms. The fourth-order valence-corrected chi connectivity index (χ4v) is 1.29. The summed E-state index contributed by atoms with van der Waals surface area (Å²) in [5, 5.41) is 3.85. The standard InChI is InChI=1S/C9H17N5O/c1-7(2)4-13(3)8(15)5-14-6-11-9(10)12-14/h6-7H,4-5H2,1-3H3,(H2,10,12). The van der Waals surface area contributed by atoms with Crippen LogP contribution in [0, 0.1) is 5.92 Å². The molecule has 0 aliphatic heterocycles. The second kappa shape index (κ2) is 4.77. The Morgan fingerprint density at radius 1 is 1.67 bits per heavy atom. The molecule has 0 unspecified atom stereocenters. The molecule has 1 aromatic heterocycles. The van der Waals surface area contributed by atoms with Crippen LogP contribution in [-0.4, -0.2) is 39.2 Å². The van der Waals surface area contributed by atoms with Crippen LogP contribution in [0.25, 0.3) is 0 Å². The minimum Gasteiger partial charge on any atom is -0.367 e. The van der Waals surface area contributed by atoms with Gasteiger partial charge in [-0.1, -0.05) is 13.8 Å². The summed E-state index contributed by atoms with van der Waals surface area (Å²) in [7, 11) is 1.78. The van der Waals surface area contributed by atoms with Crippen LogP contribution in [0.4, 0.5) is 5.95 Å². The van der Waals surface area contributed by atoms with Crippen molar-refractivity contribution in [3.8, 4) is 0 Å². The van der Waals surface area contributed by atoms with Crippen molar-refractivity contribution < 1.29 is 4.79 Å². The van der Waals surface area contributed by atoms with Crippen molar-refractivity contribution in [2.24, 2.45) is 5.92 Å². The molecule has 0 aliphatic rings. The van der Waals surface area contributed by atoms with Gasteiger partial charge in [-0.2, -0.15) is 0 Å². The molecule has 6 nitrogen and oxygen atoms in total. The van der Waals surface area contributed by atoms with Crippen molar-refractivity contribution >= 4 is 11.9 Å². The van der Waals surface area contributed by atoms with Crippen molar-refractivity contribution in [2.75, 3.05) is 19.3 Å². The molecule has 0 fully saturated rings. The molecular formula is C9H17N5O. The third-order valence-electron chi connectivity index (χ3n) is 1.92. The molecule has 1 rings (SSSR count). The highest BCUT2D eigenvalue weighted by Crippen LogP contribution is 1.98. The van der Waals surface area contributed by atoms with Crippen molar-refractivity contribution in [1.29, 1.82) is 0 Å². The van der Waals surface area contributed by atoms with Gasteiger partial charge in [0.1, 0.15) is 12.9 Å². The van der Waals surface area contributed by atoms with Gasteiger partial charge >= 0.3 is 0 Å². The topological polar surface area (TPSA) is 77.0 Å². The zero-order chi connectivity index (χ0) is 11.4. The molecule has 1 amide bonds. The Morgan fingerprint density at radius 3 is 2.80 bits per heavy atom. The summed E-state index contributed by atoms with van der Waals surface area (Å²) in [5.41, 5.74) is 5.34. The first-order chi connectivity index (χ1) is 6.99. The summed E-state index contributed by atoms with van der Waals surface area (Å²) < 4.78 is 1.44. The van der Waals surface area contributed by atoms with Crippen LogP contribution in [0.3, 0.4) is 0 Å². The first-order valence-corrected chi connectivity index (χ1v) is 4.88. The van der Waals surface area contributed by atoms with Gasteiger partial charge in [-0.25, -0.2) is 9.67 Å². The molecule has 0 aliphatic carbocycles. The summed E-state index contributed by atoms with van der Waals surface area (Å²) in [6, 6.07) is 0. The molecule has 6 heteroatoms. The number of hydrogen-bond acceptors (Lipinski definition) is 4. The third kappa shape index (κ3) is 3.57. The first kappa shape index (κ1) is 11.5. The number of anilines is 1. The van der Waals surface area contributed by atoms with E-state index in [1.807, 2.05) is 0 Å². The highest BCUT2D eigenvalue weighted by molar-refractivity contribution is 5.75. The van der Waals surface area contributed by atoms with E-state index in [9.17, 15) is 4.79 Å². The summed E-state index contributed by atoms with van der Waals surface area (Å²) in [6.45, 7) is 5.06. The average molecular weight is 211 g/mol. The van der Waals surface area contributed by atoms with Crippen LogP contribution in [-0.2, 0) is 11.3 Å². The van der Waals surface area contributed by atoms with Crippen LogP contribution >= 0.6 is 0 Å². The molecule has 84 valence electrons. The highest BCUT2D eigenvalue weighted by atomic mass is 16.2. The quantitative estimate of drug-likeness (QED) is 0.759. The van der Waals surface area contributed by atoms with E-state index in [0.29, 0.717) is 5.92 Å². The van der Waals surface area contributed by atoms with Gasteiger partial charge in [0, 0.05) is 13.6 Å². The Hall–Kier alpha value is -1.59. The predicted octanol–water partition coefficient (Wildman–Crippen LogP) is -0.0253. The molecule has 0 spiro atoms. The predicted molar refractivity (Wildman–Crippen MR) is 56.9 cm³/mol. The Bertz CT molecular complexity index is 333. The van der Waals surface area contributed by atoms with Crippen molar-refractivity contribution in [1.82, 2.24) is 19.7 Å². The number of hydrogen-bond donors (Lipinski definition) is 1. The zero-order valence-electron chi connectivity index (χ0n) is 9.34. The van der Waals surface area contributed by atoms with Crippen LogP contribution in [0.2, 0.25) is 0 Å². The molecule has 1 heterocycles. The maximum atomic E-state index is 11.7. The number of nitrogen functional groups attached to an aromatic ring is 1. The molecule has 15 heavy (non-hydrogen) atoms. The fraction of sp³-hybridized carbons (Fsp3) is 0.667. The molecule has 0 radical (unpaired) electrons. The Balaban J connectivity index is 2.48. The molecule has 2 N–H and O–H groups in total. The molecule has 1 aromatic rings. The minimum absolute atomic E-state index is 0.00796. The van der Waals surface area contributed by atoms with Crippen molar-refractivity contribution in [3.63, 3.8) is 0 Å². The van der Waals surface area contributed by atoms with Crippen molar-refractivity contribution in [2.45, 2.75) is 20.4 Å². The maximum absolute atomic E-state index is 11.7. The number of amides is 1. The Morgan fingerprint density at radius 2 is 2.33 bits per heavy atom. The van der Waals surface area contributed by atoms with Gasteiger partial charge in [-0.3, -0.25) is 4.79 Å². The van der Waals surface area contributed by atoms with Gasteiger partial charge in [0.2, 0.25) is 11.9 Å². The number of carbonyl (C=O) groups is 1. The molecular weight excluding hydrogens is 194 g/mol. The van der Waals surface area contributed by atoms with Crippen LogP contribution in [0.15, 0.2) is 6.33 Å². The lowest BCUT2D eigenvalue weighted by atomic mass is 10.2. The van der Waals surface area contributed by atoms with E-state index in [-0.39, 0.29) is 18.4 Å². The van der Waals surface area contributed by atoms with Crippen LogP contribution in [0.5, 0.6) is 0 Å². The van der Waals surface area contributed by atoms with Gasteiger partial charge < -0.3 is 10.6 Å². The molecule has 0 atom stereocenters. The maximum Gasteiger partial charge on any atom is 0.244 e. The minimum atomic E-state index is 0.00796. The number of nitrogens with two attached hydrogens (primary N) is 1. The summed E-state index contributed by atoms with van der Waals surface area (Å²) in [4.78, 5) is 17.1. The first-order valence-electron chi connectivity index (χ1n) is 4.88. The van der Waals surface area contributed by atoms with E-state index in [2.05, 4.69) is 23.9 Å². The number of aromatic nitrogens is 3.